The number of nitrogens with two attached hydrogens (primary N) is 1. The molecule has 0 bridgehead atoms. The normalized spacial score (nSPS) is 19.1. The number of aromatic nitrogens is 4. The van der Waals surface area contributed by atoms with Crippen molar-refractivity contribution in [1.29, 1.82) is 0 Å². The zero-order chi connectivity index (χ0) is 30.5. The van der Waals surface area contributed by atoms with Crippen LogP contribution < -0.4 is 21.3 Å². The average Bonchev–Trinajstić information content (AvgIpc) is 3.56. The first-order valence-corrected chi connectivity index (χ1v) is 14.4. The maximum Gasteiger partial charge on any atom is 0.270 e. The first-order chi connectivity index (χ1) is 20.5. The minimum atomic E-state index is -1.27. The highest BCUT2D eigenvalue weighted by Crippen LogP contribution is 2.44. The molecule has 4 N–H and O–H groups in total. The maximum atomic E-state index is 14.2. The standard InChI is InChI=1S/C30H28Cl2N8O3/c1-17(24(41)38-30(8-9-30)26-34-10-3-11-35-26)37-25(42)23-16-36-28-39(22-13-19(31)12-20(32)14-22)27(43)29(2,40(23)28)15-18-4-6-21(33)7-5-18/h3-7,10-14,16-17H,8-9,15,33H2,1-2H3,(H,37,42)(H,38,41)/t17-,29+/m0/s1. The molecule has 0 unspecified atom stereocenters. The van der Waals surface area contributed by atoms with E-state index in [1.165, 1.54) is 11.1 Å². The molecule has 3 amide bonds. The zero-order valence-corrected chi connectivity index (χ0v) is 24.9. The summed E-state index contributed by atoms with van der Waals surface area (Å²) >= 11 is 12.6. The number of nitrogens with zero attached hydrogens (tertiary/aromatic N) is 5. The fraction of sp³-hybridized carbons (Fsp3) is 0.267. The molecule has 43 heavy (non-hydrogen) atoms. The molecule has 2 aliphatic rings. The van der Waals surface area contributed by atoms with Crippen molar-refractivity contribution < 1.29 is 14.4 Å². The number of nitrogen functional groups attached to an aromatic ring is 1. The Morgan fingerprint density at radius 3 is 2.33 bits per heavy atom. The van der Waals surface area contributed by atoms with Crippen molar-refractivity contribution in [3.8, 4) is 0 Å². The summed E-state index contributed by atoms with van der Waals surface area (Å²) in [7, 11) is 0. The van der Waals surface area contributed by atoms with Crippen LogP contribution in [0.15, 0.2) is 67.1 Å². The van der Waals surface area contributed by atoms with E-state index in [-0.39, 0.29) is 29.9 Å². The number of nitrogens with one attached hydrogen (secondary N) is 2. The number of fused-ring (bicyclic) bond motifs is 1. The van der Waals surface area contributed by atoms with Crippen molar-refractivity contribution in [3.05, 3.63) is 94.2 Å². The molecular formula is C30H28Cl2N8O3. The molecule has 13 heteroatoms. The van der Waals surface area contributed by atoms with Crippen LogP contribution in [0.3, 0.4) is 0 Å². The lowest BCUT2D eigenvalue weighted by Crippen LogP contribution is -2.49. The van der Waals surface area contributed by atoms with Crippen molar-refractivity contribution in [2.75, 3.05) is 10.6 Å². The van der Waals surface area contributed by atoms with Gasteiger partial charge in [0.15, 0.2) is 5.82 Å². The minimum absolute atomic E-state index is 0.115. The third-order valence-electron chi connectivity index (χ3n) is 7.81. The third-order valence-corrected chi connectivity index (χ3v) is 8.25. The monoisotopic (exact) mass is 618 g/mol. The van der Waals surface area contributed by atoms with Crippen molar-refractivity contribution in [1.82, 2.24) is 30.2 Å². The molecule has 1 saturated carbocycles. The van der Waals surface area contributed by atoms with Crippen LogP contribution in [-0.4, -0.2) is 43.3 Å². The number of halogens is 2. The van der Waals surface area contributed by atoms with E-state index in [1.807, 2.05) is 12.1 Å². The molecule has 1 aliphatic heterocycles. The van der Waals surface area contributed by atoms with Crippen LogP contribution in [0.25, 0.3) is 0 Å². The van der Waals surface area contributed by atoms with E-state index in [1.54, 1.807) is 67.2 Å². The van der Waals surface area contributed by atoms with Crippen LogP contribution in [0.5, 0.6) is 0 Å². The highest BCUT2D eigenvalue weighted by molar-refractivity contribution is 6.35. The topological polar surface area (TPSA) is 148 Å². The van der Waals surface area contributed by atoms with E-state index < -0.39 is 23.0 Å². The molecule has 2 atom stereocenters. The molecule has 220 valence electrons. The summed E-state index contributed by atoms with van der Waals surface area (Å²) in [4.78, 5) is 55.5. The largest absolute Gasteiger partial charge is 0.399 e. The van der Waals surface area contributed by atoms with Gasteiger partial charge in [-0.05, 0) is 68.7 Å². The molecule has 11 nitrogen and oxygen atoms in total. The predicted molar refractivity (Wildman–Crippen MR) is 162 cm³/mol. The second-order valence-corrected chi connectivity index (χ2v) is 12.0. The molecule has 0 spiro atoms. The molecule has 2 aromatic carbocycles. The Balaban J connectivity index is 1.31. The fourth-order valence-corrected chi connectivity index (χ4v) is 5.93. The van der Waals surface area contributed by atoms with E-state index in [9.17, 15) is 14.4 Å². The Labute approximate surface area is 257 Å². The number of rotatable bonds is 8. The van der Waals surface area contributed by atoms with E-state index in [0.29, 0.717) is 40.1 Å². The molecule has 0 saturated heterocycles. The summed E-state index contributed by atoms with van der Waals surface area (Å²) < 4.78 is 1.60. The Bertz CT molecular complexity index is 1720. The van der Waals surface area contributed by atoms with Crippen LogP contribution in [0.4, 0.5) is 17.3 Å². The SMILES string of the molecule is C[C@H](NC(=O)c1cnc2n1[C@](C)(Cc1ccc(N)cc1)C(=O)N2c1cc(Cl)cc(Cl)c1)C(=O)NC1(c2ncccn2)CC1. The summed E-state index contributed by atoms with van der Waals surface area (Å²) in [5, 5.41) is 6.44. The summed E-state index contributed by atoms with van der Waals surface area (Å²) in [6.07, 6.45) is 6.29. The van der Waals surface area contributed by atoms with E-state index in [4.69, 9.17) is 28.9 Å². The minimum Gasteiger partial charge on any atom is -0.399 e. The maximum absolute atomic E-state index is 14.2. The summed E-state index contributed by atoms with van der Waals surface area (Å²) in [6, 6.07) is 12.8. The van der Waals surface area contributed by atoms with Crippen LogP contribution in [0.1, 0.15) is 48.6 Å². The lowest BCUT2D eigenvalue weighted by Gasteiger charge is -2.27. The molecule has 1 aliphatic carbocycles. The quantitative estimate of drug-likeness (QED) is 0.251. The number of hydrogen-bond donors (Lipinski definition) is 3. The lowest BCUT2D eigenvalue weighted by molar-refractivity contribution is -0.124. The van der Waals surface area contributed by atoms with Gasteiger partial charge in [0.25, 0.3) is 11.8 Å². The van der Waals surface area contributed by atoms with E-state index >= 15 is 0 Å². The van der Waals surface area contributed by atoms with Crippen LogP contribution >= 0.6 is 23.2 Å². The van der Waals surface area contributed by atoms with Gasteiger partial charge in [0, 0.05) is 34.5 Å². The number of anilines is 3. The van der Waals surface area contributed by atoms with Gasteiger partial charge in [-0.25, -0.2) is 19.9 Å². The Hall–Kier alpha value is -4.48. The van der Waals surface area contributed by atoms with E-state index in [0.717, 1.165) is 5.56 Å². The van der Waals surface area contributed by atoms with Gasteiger partial charge in [0.2, 0.25) is 11.9 Å². The fourth-order valence-electron chi connectivity index (χ4n) is 5.42. The summed E-state index contributed by atoms with van der Waals surface area (Å²) in [5.74, 6) is -0.514. The van der Waals surface area contributed by atoms with Crippen LogP contribution in [-0.2, 0) is 27.1 Å². The molecule has 1 fully saturated rings. The second kappa shape index (κ2) is 10.7. The van der Waals surface area contributed by atoms with Gasteiger partial charge < -0.3 is 16.4 Å². The summed E-state index contributed by atoms with van der Waals surface area (Å²) in [6.45, 7) is 3.34. The van der Waals surface area contributed by atoms with Gasteiger partial charge in [-0.2, -0.15) is 0 Å². The number of benzene rings is 2. The van der Waals surface area contributed by atoms with Gasteiger partial charge in [-0.15, -0.1) is 0 Å². The van der Waals surface area contributed by atoms with Crippen molar-refractivity contribution in [3.63, 3.8) is 0 Å². The Morgan fingerprint density at radius 1 is 1.05 bits per heavy atom. The van der Waals surface area contributed by atoms with Gasteiger partial charge in [-0.3, -0.25) is 19.0 Å². The van der Waals surface area contributed by atoms with Crippen molar-refractivity contribution in [2.24, 2.45) is 0 Å². The van der Waals surface area contributed by atoms with Gasteiger partial charge in [0.05, 0.1) is 11.9 Å². The predicted octanol–water partition coefficient (Wildman–Crippen LogP) is 4.12. The van der Waals surface area contributed by atoms with Gasteiger partial charge >= 0.3 is 0 Å². The molecule has 6 rings (SSSR count). The smallest absolute Gasteiger partial charge is 0.270 e. The van der Waals surface area contributed by atoms with Crippen LogP contribution in [0.2, 0.25) is 10.0 Å². The first kappa shape index (κ1) is 28.6. The molecule has 4 aromatic rings. The number of hydrogen-bond acceptors (Lipinski definition) is 7. The molecule has 0 radical (unpaired) electrons. The number of amides is 3. The Kier molecular flexibility index (Phi) is 7.10. The zero-order valence-electron chi connectivity index (χ0n) is 23.3. The molecule has 3 heterocycles. The first-order valence-electron chi connectivity index (χ1n) is 13.6. The van der Waals surface area contributed by atoms with E-state index in [2.05, 4.69) is 25.6 Å². The van der Waals surface area contributed by atoms with Crippen molar-refractivity contribution >= 4 is 58.2 Å². The number of carbonyl (C=O) groups is 3. The van der Waals surface area contributed by atoms with Gasteiger partial charge in [-0.1, -0.05) is 35.3 Å². The second-order valence-electron chi connectivity index (χ2n) is 11.1. The lowest BCUT2D eigenvalue weighted by atomic mass is 9.91. The number of imidazole rings is 1. The van der Waals surface area contributed by atoms with Crippen molar-refractivity contribution in [2.45, 2.75) is 50.2 Å². The molecule has 2 aromatic heterocycles. The molecular weight excluding hydrogens is 591 g/mol. The van der Waals surface area contributed by atoms with Gasteiger partial charge in [0.1, 0.15) is 22.8 Å². The summed E-state index contributed by atoms with van der Waals surface area (Å²) in [5.41, 5.74) is 5.92. The third kappa shape index (κ3) is 5.19. The number of carbonyl (C=O) groups excluding carboxylic acids is 3. The highest BCUT2D eigenvalue weighted by Gasteiger charge is 2.52. The average molecular weight is 620 g/mol. The Morgan fingerprint density at radius 2 is 1.70 bits per heavy atom. The van der Waals surface area contributed by atoms with Crippen LogP contribution in [0, 0.1) is 0 Å². The highest BCUT2D eigenvalue weighted by atomic mass is 35.5.